The third-order valence-electron chi connectivity index (χ3n) is 4.37. The van der Waals surface area contributed by atoms with Crippen LogP contribution in [0.4, 0.5) is 0 Å². The number of nitrogens with zero attached hydrogens (tertiary/aromatic N) is 1. The molecular weight excluding hydrogens is 298 g/mol. The average Bonchev–Trinajstić information content (AvgIpc) is 2.49. The second-order valence-electron chi connectivity index (χ2n) is 6.26. The van der Waals surface area contributed by atoms with Crippen molar-refractivity contribution in [3.8, 4) is 0 Å². The van der Waals surface area contributed by atoms with Gasteiger partial charge in [-0.15, -0.1) is 8.42 Å². The van der Waals surface area contributed by atoms with Gasteiger partial charge in [-0.2, -0.15) is 3.89 Å². The van der Waals surface area contributed by atoms with Gasteiger partial charge in [0.05, 0.1) is 6.54 Å². The molecule has 5 heteroatoms. The monoisotopic (exact) mass is 330 g/mol. The van der Waals surface area contributed by atoms with Crippen molar-refractivity contribution >= 4 is 10.3 Å². The van der Waals surface area contributed by atoms with Crippen LogP contribution in [0.5, 0.6) is 0 Å². The number of hydrogen-bond acceptors (Lipinski definition) is 2. The number of allylic oxidation sites excluding steroid dienone is 2. The summed E-state index contributed by atoms with van der Waals surface area (Å²) in [6.07, 6.45) is 19.1. The Morgan fingerprint density at radius 1 is 0.909 bits per heavy atom. The first-order chi connectivity index (χ1) is 10.5. The molecule has 1 aliphatic rings. The highest BCUT2D eigenvalue weighted by atomic mass is 32.2. The molecule has 128 valence electrons. The van der Waals surface area contributed by atoms with Crippen molar-refractivity contribution in [2.24, 2.45) is 0 Å². The molecule has 0 aromatic carbocycles. The highest BCUT2D eigenvalue weighted by Gasteiger charge is 2.38. The number of unbranched alkanes of at least 4 members (excludes halogenated alkanes) is 9. The maximum atomic E-state index is 11.6. The Labute approximate surface area is 136 Å². The van der Waals surface area contributed by atoms with Gasteiger partial charge in [-0.3, -0.25) is 0 Å². The summed E-state index contributed by atoms with van der Waals surface area (Å²) < 4.78 is 32.4. The fraction of sp³-hybridized carbons (Fsp3) is 0.765. The molecule has 22 heavy (non-hydrogen) atoms. The molecule has 0 bridgehead atoms. The summed E-state index contributed by atoms with van der Waals surface area (Å²) >= 11 is 0. The molecule has 1 N–H and O–H groups in total. The summed E-state index contributed by atoms with van der Waals surface area (Å²) in [6.45, 7) is 3.01. The Balaban J connectivity index is 2.15. The van der Waals surface area contributed by atoms with Crippen molar-refractivity contribution in [2.45, 2.75) is 71.1 Å². The molecule has 1 heterocycles. The van der Waals surface area contributed by atoms with E-state index in [1.807, 2.05) is 6.08 Å². The van der Waals surface area contributed by atoms with E-state index in [1.54, 1.807) is 18.4 Å². The average molecular weight is 331 g/mol. The van der Waals surface area contributed by atoms with E-state index in [4.69, 9.17) is 0 Å². The predicted molar refractivity (Wildman–Crippen MR) is 91.7 cm³/mol. The molecule has 0 aromatic rings. The van der Waals surface area contributed by atoms with E-state index in [0.29, 0.717) is 13.1 Å². The SMILES string of the molecule is CCCCCCCCCCCC[N+]1(S(=O)(=O)O)C=CC=CC1. The van der Waals surface area contributed by atoms with Crippen molar-refractivity contribution in [1.29, 1.82) is 0 Å². The van der Waals surface area contributed by atoms with Gasteiger partial charge >= 0.3 is 10.3 Å². The summed E-state index contributed by atoms with van der Waals surface area (Å²) in [6, 6.07) is 0. The zero-order chi connectivity index (χ0) is 16.3. The second-order valence-corrected chi connectivity index (χ2v) is 7.88. The number of quaternary nitrogens is 1. The van der Waals surface area contributed by atoms with Gasteiger partial charge in [-0.25, -0.2) is 4.55 Å². The fourth-order valence-corrected chi connectivity index (χ4v) is 3.76. The lowest BCUT2D eigenvalue weighted by atomic mass is 10.1. The van der Waals surface area contributed by atoms with E-state index in [-0.39, 0.29) is 3.89 Å². The second kappa shape index (κ2) is 10.2. The molecule has 1 unspecified atom stereocenters. The van der Waals surface area contributed by atoms with Crippen LogP contribution in [0, 0.1) is 0 Å². The van der Waals surface area contributed by atoms with E-state index in [2.05, 4.69) is 6.92 Å². The maximum Gasteiger partial charge on any atom is 0.437 e. The first-order valence-electron chi connectivity index (χ1n) is 8.70. The lowest BCUT2D eigenvalue weighted by Crippen LogP contribution is -2.49. The largest absolute Gasteiger partial charge is 0.437 e. The van der Waals surface area contributed by atoms with E-state index < -0.39 is 10.3 Å². The van der Waals surface area contributed by atoms with Gasteiger partial charge < -0.3 is 0 Å². The molecule has 1 atom stereocenters. The molecule has 0 saturated heterocycles. The first-order valence-corrected chi connectivity index (χ1v) is 10.1. The van der Waals surface area contributed by atoms with E-state index >= 15 is 0 Å². The Morgan fingerprint density at radius 3 is 1.91 bits per heavy atom. The van der Waals surface area contributed by atoms with Crippen LogP contribution in [0.2, 0.25) is 0 Å². The van der Waals surface area contributed by atoms with E-state index in [0.717, 1.165) is 19.3 Å². The summed E-state index contributed by atoms with van der Waals surface area (Å²) in [5, 5.41) is 0. The molecule has 0 saturated carbocycles. The summed E-state index contributed by atoms with van der Waals surface area (Å²) in [5.74, 6) is 0. The molecule has 1 rings (SSSR count). The minimum atomic E-state index is -4.10. The van der Waals surface area contributed by atoms with Crippen LogP contribution < -0.4 is 0 Å². The lowest BCUT2D eigenvalue weighted by Gasteiger charge is -2.30. The van der Waals surface area contributed by atoms with Crippen molar-refractivity contribution < 1.29 is 16.9 Å². The van der Waals surface area contributed by atoms with Crippen LogP contribution in [0.3, 0.4) is 0 Å². The van der Waals surface area contributed by atoms with Crippen LogP contribution in [-0.2, 0) is 10.3 Å². The molecule has 0 amide bonds. The van der Waals surface area contributed by atoms with Gasteiger partial charge in [-0.05, 0) is 25.0 Å². The normalized spacial score (nSPS) is 21.4. The summed E-state index contributed by atoms with van der Waals surface area (Å²) in [5.41, 5.74) is 0. The maximum absolute atomic E-state index is 11.6. The minimum absolute atomic E-state index is 0.326. The number of hydrogen-bond donors (Lipinski definition) is 1. The van der Waals surface area contributed by atoms with Crippen LogP contribution >= 0.6 is 0 Å². The van der Waals surface area contributed by atoms with Gasteiger partial charge in [0.2, 0.25) is 0 Å². The van der Waals surface area contributed by atoms with Crippen molar-refractivity contribution in [2.75, 3.05) is 13.1 Å². The minimum Gasteiger partial charge on any atom is -0.241 e. The van der Waals surface area contributed by atoms with E-state index in [1.165, 1.54) is 44.9 Å². The van der Waals surface area contributed by atoms with Crippen molar-refractivity contribution in [1.82, 2.24) is 0 Å². The summed E-state index contributed by atoms with van der Waals surface area (Å²) in [7, 11) is -4.10. The van der Waals surface area contributed by atoms with E-state index in [9.17, 15) is 13.0 Å². The fourth-order valence-electron chi connectivity index (χ4n) is 2.90. The molecule has 0 spiro atoms. The standard InChI is InChI=1S/C17H31NO3S/c1-2-3-4-5-6-7-8-9-10-12-15-18(22(19,20)21)16-13-11-14-17-18/h11,13-14,16H,2-10,12,15,17H2,1H3/p+1. The van der Waals surface area contributed by atoms with Gasteiger partial charge in [0.1, 0.15) is 12.7 Å². The van der Waals surface area contributed by atoms with Gasteiger partial charge in [0.15, 0.2) is 0 Å². The Hall–Kier alpha value is -0.650. The van der Waals surface area contributed by atoms with Crippen molar-refractivity contribution in [3.05, 3.63) is 24.4 Å². The third-order valence-corrected chi connectivity index (χ3v) is 5.74. The molecule has 1 aliphatic heterocycles. The topological polar surface area (TPSA) is 54.4 Å². The molecule has 0 fully saturated rings. The summed E-state index contributed by atoms with van der Waals surface area (Å²) in [4.78, 5) is 0. The molecule has 0 radical (unpaired) electrons. The first kappa shape index (κ1) is 19.4. The van der Waals surface area contributed by atoms with Crippen LogP contribution in [-0.4, -0.2) is 29.9 Å². The molecular formula is C17H32NO3S+. The zero-order valence-corrected chi connectivity index (χ0v) is 14.7. The zero-order valence-electron chi connectivity index (χ0n) is 13.9. The van der Waals surface area contributed by atoms with Crippen LogP contribution in [0.1, 0.15) is 71.1 Å². The third kappa shape index (κ3) is 6.63. The Kier molecular flexibility index (Phi) is 8.98. The smallest absolute Gasteiger partial charge is 0.241 e. The van der Waals surface area contributed by atoms with Gasteiger partial charge in [-0.1, -0.05) is 64.4 Å². The Morgan fingerprint density at radius 2 is 1.45 bits per heavy atom. The lowest BCUT2D eigenvalue weighted by molar-refractivity contribution is -0.751. The highest BCUT2D eigenvalue weighted by Crippen LogP contribution is 2.21. The highest BCUT2D eigenvalue weighted by molar-refractivity contribution is 7.80. The molecule has 0 aromatic heterocycles. The van der Waals surface area contributed by atoms with Crippen molar-refractivity contribution in [3.63, 3.8) is 0 Å². The number of rotatable bonds is 12. The van der Waals surface area contributed by atoms with Crippen LogP contribution in [0.15, 0.2) is 24.4 Å². The van der Waals surface area contributed by atoms with Crippen LogP contribution in [0.25, 0.3) is 0 Å². The molecule has 0 aliphatic carbocycles. The molecule has 4 nitrogen and oxygen atoms in total. The van der Waals surface area contributed by atoms with Gasteiger partial charge in [0.25, 0.3) is 0 Å². The van der Waals surface area contributed by atoms with Gasteiger partial charge in [0, 0.05) is 0 Å². The predicted octanol–water partition coefficient (Wildman–Crippen LogP) is 4.61. The quantitative estimate of drug-likeness (QED) is 0.323. The Bertz CT molecular complexity index is 457.